The molecule has 0 fully saturated rings. The summed E-state index contributed by atoms with van der Waals surface area (Å²) in [7, 11) is 0. The van der Waals surface area contributed by atoms with Crippen LogP contribution in [0.3, 0.4) is 0 Å². The molecule has 2 aromatic heterocycles. The number of pyridine rings is 1. The molecule has 0 atom stereocenters. The topological polar surface area (TPSA) is 59.8 Å². The summed E-state index contributed by atoms with van der Waals surface area (Å²) in [6.45, 7) is 2.06. The first-order valence-electron chi connectivity index (χ1n) is 7.13. The minimum atomic E-state index is -0.350. The van der Waals surface area contributed by atoms with Gasteiger partial charge in [-0.25, -0.2) is 14.1 Å². The fourth-order valence-corrected chi connectivity index (χ4v) is 2.22. The summed E-state index contributed by atoms with van der Waals surface area (Å²) in [6, 6.07) is 9.64. The molecule has 5 nitrogen and oxygen atoms in total. The highest BCUT2D eigenvalue weighted by molar-refractivity contribution is 5.95. The van der Waals surface area contributed by atoms with Gasteiger partial charge in [0.15, 0.2) is 5.82 Å². The molecule has 3 rings (SSSR count). The molecule has 2 heterocycles. The number of rotatable bonds is 4. The highest BCUT2D eigenvalue weighted by Gasteiger charge is 2.09. The second-order valence-corrected chi connectivity index (χ2v) is 5.12. The van der Waals surface area contributed by atoms with Gasteiger partial charge in [0, 0.05) is 30.7 Å². The van der Waals surface area contributed by atoms with Gasteiger partial charge in [0.25, 0.3) is 5.91 Å². The van der Waals surface area contributed by atoms with E-state index in [1.807, 2.05) is 18.2 Å². The van der Waals surface area contributed by atoms with Crippen molar-refractivity contribution >= 4 is 5.91 Å². The Morgan fingerprint density at radius 2 is 2.17 bits per heavy atom. The number of carbonyl (C=O) groups is 1. The van der Waals surface area contributed by atoms with Crippen molar-refractivity contribution in [2.45, 2.75) is 13.5 Å². The van der Waals surface area contributed by atoms with E-state index in [1.165, 1.54) is 18.2 Å². The molecule has 0 saturated heterocycles. The maximum Gasteiger partial charge on any atom is 0.251 e. The maximum absolute atomic E-state index is 13.1. The molecule has 0 aliphatic heterocycles. The quantitative estimate of drug-likeness (QED) is 0.806. The zero-order valence-electron chi connectivity index (χ0n) is 12.5. The van der Waals surface area contributed by atoms with Crippen LogP contribution in [-0.4, -0.2) is 20.7 Å². The van der Waals surface area contributed by atoms with E-state index in [4.69, 9.17) is 0 Å². The second kappa shape index (κ2) is 6.39. The molecule has 3 aromatic rings. The summed E-state index contributed by atoms with van der Waals surface area (Å²) in [5.41, 5.74) is 1.94. The molecule has 0 saturated carbocycles. The standard InChI is InChI=1S/C17H15FN4O/c1-12-9-14(18)4-5-15(12)17(23)20-11-13-3-6-16(19-10-13)22-8-2-7-21-22/h2-10H,11H2,1H3,(H,20,23). The Bertz CT molecular complexity index is 813. The predicted molar refractivity (Wildman–Crippen MR) is 83.7 cm³/mol. The van der Waals surface area contributed by atoms with E-state index in [2.05, 4.69) is 15.4 Å². The van der Waals surface area contributed by atoms with Crippen LogP contribution in [0.2, 0.25) is 0 Å². The van der Waals surface area contributed by atoms with Crippen molar-refractivity contribution < 1.29 is 9.18 Å². The fourth-order valence-electron chi connectivity index (χ4n) is 2.22. The lowest BCUT2D eigenvalue weighted by Crippen LogP contribution is -2.23. The Labute approximate surface area is 132 Å². The van der Waals surface area contributed by atoms with Gasteiger partial charge in [0.2, 0.25) is 0 Å². The highest BCUT2D eigenvalue weighted by Crippen LogP contribution is 2.10. The molecule has 0 aliphatic carbocycles. The van der Waals surface area contributed by atoms with Gasteiger partial charge < -0.3 is 5.32 Å². The SMILES string of the molecule is Cc1cc(F)ccc1C(=O)NCc1ccc(-n2cccn2)nc1. The molecule has 1 aromatic carbocycles. The third kappa shape index (κ3) is 3.42. The monoisotopic (exact) mass is 310 g/mol. The summed E-state index contributed by atoms with van der Waals surface area (Å²) in [5, 5.41) is 6.91. The van der Waals surface area contributed by atoms with Gasteiger partial charge in [-0.15, -0.1) is 0 Å². The number of benzene rings is 1. The molecule has 1 amide bonds. The lowest BCUT2D eigenvalue weighted by molar-refractivity contribution is 0.0950. The first-order valence-corrected chi connectivity index (χ1v) is 7.13. The maximum atomic E-state index is 13.1. The molecule has 0 spiro atoms. The third-order valence-electron chi connectivity index (χ3n) is 3.43. The third-order valence-corrected chi connectivity index (χ3v) is 3.43. The Kier molecular flexibility index (Phi) is 4.14. The predicted octanol–water partition coefficient (Wildman–Crippen LogP) is 2.64. The summed E-state index contributed by atoms with van der Waals surface area (Å²) in [5.74, 6) is 0.121. The lowest BCUT2D eigenvalue weighted by atomic mass is 10.1. The van der Waals surface area contributed by atoms with Crippen LogP contribution in [0, 0.1) is 12.7 Å². The number of aromatic nitrogens is 3. The van der Waals surface area contributed by atoms with Gasteiger partial charge in [0.05, 0.1) is 0 Å². The minimum Gasteiger partial charge on any atom is -0.348 e. The van der Waals surface area contributed by atoms with Crippen molar-refractivity contribution in [3.63, 3.8) is 0 Å². The van der Waals surface area contributed by atoms with Crippen LogP contribution in [0.15, 0.2) is 55.0 Å². The Balaban J connectivity index is 1.65. The van der Waals surface area contributed by atoms with Crippen molar-refractivity contribution in [2.24, 2.45) is 0 Å². The number of nitrogens with one attached hydrogen (secondary N) is 1. The van der Waals surface area contributed by atoms with E-state index in [1.54, 1.807) is 30.2 Å². The van der Waals surface area contributed by atoms with Crippen LogP contribution >= 0.6 is 0 Å². The van der Waals surface area contributed by atoms with Gasteiger partial charge in [-0.2, -0.15) is 5.10 Å². The smallest absolute Gasteiger partial charge is 0.251 e. The van der Waals surface area contributed by atoms with Crippen molar-refractivity contribution in [1.82, 2.24) is 20.1 Å². The van der Waals surface area contributed by atoms with Gasteiger partial charge >= 0.3 is 0 Å². The van der Waals surface area contributed by atoms with Crippen molar-refractivity contribution in [3.8, 4) is 5.82 Å². The lowest BCUT2D eigenvalue weighted by Gasteiger charge is -2.08. The van der Waals surface area contributed by atoms with E-state index in [9.17, 15) is 9.18 Å². The zero-order chi connectivity index (χ0) is 16.2. The Hall–Kier alpha value is -3.02. The van der Waals surface area contributed by atoms with Gasteiger partial charge in [-0.05, 0) is 48.4 Å². The van der Waals surface area contributed by atoms with E-state index < -0.39 is 0 Å². The number of aryl methyl sites for hydroxylation is 1. The molecule has 1 N–H and O–H groups in total. The van der Waals surface area contributed by atoms with Gasteiger partial charge in [-0.1, -0.05) is 6.07 Å². The van der Waals surface area contributed by atoms with E-state index >= 15 is 0 Å². The number of amides is 1. The molecule has 6 heteroatoms. The van der Waals surface area contributed by atoms with E-state index in [0.717, 1.165) is 5.56 Å². The highest BCUT2D eigenvalue weighted by atomic mass is 19.1. The molecule has 23 heavy (non-hydrogen) atoms. The van der Waals surface area contributed by atoms with Crippen LogP contribution in [-0.2, 0) is 6.54 Å². The average molecular weight is 310 g/mol. The number of hydrogen-bond donors (Lipinski definition) is 1. The minimum absolute atomic E-state index is 0.237. The molecule has 0 aliphatic rings. The Morgan fingerprint density at radius 1 is 1.30 bits per heavy atom. The van der Waals surface area contributed by atoms with E-state index in [-0.39, 0.29) is 11.7 Å². The molecule has 116 valence electrons. The van der Waals surface area contributed by atoms with E-state index in [0.29, 0.717) is 23.5 Å². The fraction of sp³-hybridized carbons (Fsp3) is 0.118. The van der Waals surface area contributed by atoms with Crippen molar-refractivity contribution in [3.05, 3.63) is 77.5 Å². The molecule has 0 radical (unpaired) electrons. The summed E-state index contributed by atoms with van der Waals surface area (Å²) in [6.07, 6.45) is 5.18. The van der Waals surface area contributed by atoms with Crippen molar-refractivity contribution in [1.29, 1.82) is 0 Å². The molecule has 0 unspecified atom stereocenters. The van der Waals surface area contributed by atoms with Gasteiger partial charge in [-0.3, -0.25) is 4.79 Å². The average Bonchev–Trinajstić information content (AvgIpc) is 3.07. The molecule has 0 bridgehead atoms. The summed E-state index contributed by atoms with van der Waals surface area (Å²) in [4.78, 5) is 16.4. The first-order chi connectivity index (χ1) is 11.1. The van der Waals surface area contributed by atoms with Crippen molar-refractivity contribution in [2.75, 3.05) is 0 Å². The van der Waals surface area contributed by atoms with Crippen LogP contribution < -0.4 is 5.32 Å². The second-order valence-electron chi connectivity index (χ2n) is 5.12. The number of carbonyl (C=O) groups excluding carboxylic acids is 1. The summed E-state index contributed by atoms with van der Waals surface area (Å²) < 4.78 is 14.7. The molecular weight excluding hydrogens is 295 g/mol. The number of nitrogens with zero attached hydrogens (tertiary/aromatic N) is 3. The molecular formula is C17H15FN4O. The largest absolute Gasteiger partial charge is 0.348 e. The van der Waals surface area contributed by atoms with Crippen LogP contribution in [0.4, 0.5) is 4.39 Å². The Morgan fingerprint density at radius 3 is 2.83 bits per heavy atom. The first kappa shape index (κ1) is 14.9. The number of hydrogen-bond acceptors (Lipinski definition) is 3. The van der Waals surface area contributed by atoms with Crippen LogP contribution in [0.5, 0.6) is 0 Å². The van der Waals surface area contributed by atoms with Crippen LogP contribution in [0.25, 0.3) is 5.82 Å². The summed E-state index contributed by atoms with van der Waals surface area (Å²) >= 11 is 0. The number of halogens is 1. The van der Waals surface area contributed by atoms with Crippen LogP contribution in [0.1, 0.15) is 21.5 Å². The van der Waals surface area contributed by atoms with Gasteiger partial charge in [0.1, 0.15) is 5.82 Å². The normalized spacial score (nSPS) is 10.5. The zero-order valence-corrected chi connectivity index (χ0v) is 12.5.